The normalized spacial score (nSPS) is 14.3. The molecule has 0 spiro atoms. The fourth-order valence-corrected chi connectivity index (χ4v) is 5.21. The number of halogens is 3. The number of hydrogen-bond acceptors (Lipinski definition) is 6. The minimum Gasteiger partial charge on any atom is -0.481 e. The average molecular weight is 535 g/mol. The first-order valence-corrected chi connectivity index (χ1v) is 12.4. The summed E-state index contributed by atoms with van der Waals surface area (Å²) in [7, 11) is 3.16. The summed E-state index contributed by atoms with van der Waals surface area (Å²) in [5.41, 5.74) is 2.37. The Hall–Kier alpha value is -4.38. The van der Waals surface area contributed by atoms with Crippen molar-refractivity contribution >= 4 is 27.6 Å². The van der Waals surface area contributed by atoms with Crippen LogP contribution in [0.1, 0.15) is 5.56 Å². The minimum absolute atomic E-state index is 0.113. The number of nitrogens with one attached hydrogen (secondary N) is 1. The number of hydrogen-bond donors (Lipinski definition) is 1. The van der Waals surface area contributed by atoms with Gasteiger partial charge in [-0.3, -0.25) is 14.1 Å². The maximum atomic E-state index is 14.2. The smallest absolute Gasteiger partial charge is 0.418 e. The summed E-state index contributed by atoms with van der Waals surface area (Å²) in [5, 5.41) is 3.86. The van der Waals surface area contributed by atoms with E-state index in [1.807, 2.05) is 24.3 Å². The number of nitrogens with zero attached hydrogens (tertiary/aromatic N) is 5. The Kier molecular flexibility index (Phi) is 6.02. The Bertz CT molecular complexity index is 1750. The van der Waals surface area contributed by atoms with Crippen molar-refractivity contribution in [2.75, 3.05) is 38.2 Å². The molecule has 1 saturated heterocycles. The molecule has 3 aromatic heterocycles. The SMILES string of the molecule is COc1ccc(-c2ccc3ncc4c(c3c2)n(C)c(=O)n4-c2ccc(N3CCNCC3)c(C(F)(F)F)c2)cn1. The molecule has 0 saturated carbocycles. The molecule has 6 rings (SSSR count). The molecular formula is C28H25F3N6O2. The number of piperazine rings is 1. The lowest BCUT2D eigenvalue weighted by atomic mass is 10.0. The Balaban J connectivity index is 1.53. The standard InChI is InChI=1S/C28H25F3N6O2/c1-35-26-20-13-17(18-4-8-25(39-2)34-15-18)3-6-22(20)33-16-24(26)37(27(35)38)19-5-7-23(21(14-19)28(29,30)31)36-11-9-32-10-12-36/h3-8,13-16,32H,9-12H2,1-2H3. The van der Waals surface area contributed by atoms with Crippen LogP contribution in [0.2, 0.25) is 0 Å². The van der Waals surface area contributed by atoms with Gasteiger partial charge >= 0.3 is 11.9 Å². The van der Waals surface area contributed by atoms with E-state index in [1.54, 1.807) is 37.4 Å². The number of aryl methyl sites for hydroxylation is 1. The number of ether oxygens (including phenoxy) is 1. The van der Waals surface area contributed by atoms with Gasteiger partial charge in [-0.1, -0.05) is 6.07 Å². The van der Waals surface area contributed by atoms with Crippen molar-refractivity contribution in [3.8, 4) is 22.7 Å². The van der Waals surface area contributed by atoms with Crippen molar-refractivity contribution < 1.29 is 17.9 Å². The molecule has 0 aliphatic carbocycles. The lowest BCUT2D eigenvalue weighted by Crippen LogP contribution is -2.44. The second kappa shape index (κ2) is 9.42. The zero-order valence-corrected chi connectivity index (χ0v) is 21.3. The van der Waals surface area contributed by atoms with Crippen LogP contribution in [0.3, 0.4) is 0 Å². The van der Waals surface area contributed by atoms with E-state index >= 15 is 0 Å². The Morgan fingerprint density at radius 2 is 1.72 bits per heavy atom. The summed E-state index contributed by atoms with van der Waals surface area (Å²) in [5.74, 6) is 0.490. The van der Waals surface area contributed by atoms with Crippen LogP contribution < -0.4 is 20.6 Å². The lowest BCUT2D eigenvalue weighted by molar-refractivity contribution is -0.137. The van der Waals surface area contributed by atoms with E-state index in [4.69, 9.17) is 4.74 Å². The van der Waals surface area contributed by atoms with Gasteiger partial charge in [-0.2, -0.15) is 13.2 Å². The molecule has 0 amide bonds. The van der Waals surface area contributed by atoms with E-state index in [0.717, 1.165) is 17.2 Å². The first kappa shape index (κ1) is 24.9. The molecule has 8 nitrogen and oxygen atoms in total. The third kappa shape index (κ3) is 4.28. The highest BCUT2D eigenvalue weighted by Gasteiger charge is 2.36. The van der Waals surface area contributed by atoms with Crippen LogP contribution in [-0.4, -0.2) is 52.4 Å². The molecule has 0 unspecified atom stereocenters. The fraction of sp³-hybridized carbons (Fsp3) is 0.250. The number of anilines is 1. The van der Waals surface area contributed by atoms with Gasteiger partial charge in [0, 0.05) is 62.1 Å². The summed E-state index contributed by atoms with van der Waals surface area (Å²) >= 11 is 0. The highest BCUT2D eigenvalue weighted by atomic mass is 19.4. The van der Waals surface area contributed by atoms with E-state index in [9.17, 15) is 18.0 Å². The van der Waals surface area contributed by atoms with E-state index in [-0.39, 0.29) is 11.4 Å². The van der Waals surface area contributed by atoms with Crippen molar-refractivity contribution in [1.82, 2.24) is 24.4 Å². The van der Waals surface area contributed by atoms with Crippen LogP contribution in [0.5, 0.6) is 5.88 Å². The van der Waals surface area contributed by atoms with Gasteiger partial charge in [0.1, 0.15) is 0 Å². The van der Waals surface area contributed by atoms with Gasteiger partial charge in [-0.25, -0.2) is 9.78 Å². The van der Waals surface area contributed by atoms with Gasteiger partial charge in [0.2, 0.25) is 5.88 Å². The number of alkyl halides is 3. The van der Waals surface area contributed by atoms with Gasteiger partial charge < -0.3 is 15.0 Å². The number of aromatic nitrogens is 4. The van der Waals surface area contributed by atoms with E-state index in [1.165, 1.54) is 21.4 Å². The summed E-state index contributed by atoms with van der Waals surface area (Å²) in [6.45, 7) is 2.15. The van der Waals surface area contributed by atoms with Crippen LogP contribution >= 0.6 is 0 Å². The molecule has 0 atom stereocenters. The molecule has 5 aromatic rings. The number of methoxy groups -OCH3 is 1. The largest absolute Gasteiger partial charge is 0.481 e. The number of pyridine rings is 2. The predicted octanol–water partition coefficient (Wildman–Crippen LogP) is 4.38. The molecule has 39 heavy (non-hydrogen) atoms. The molecule has 0 radical (unpaired) electrons. The number of fused-ring (bicyclic) bond motifs is 3. The van der Waals surface area contributed by atoms with Gasteiger partial charge in [0.25, 0.3) is 0 Å². The summed E-state index contributed by atoms with van der Waals surface area (Å²) in [6, 6.07) is 13.4. The zero-order valence-electron chi connectivity index (χ0n) is 21.3. The third-order valence-electron chi connectivity index (χ3n) is 7.15. The van der Waals surface area contributed by atoms with Crippen molar-refractivity contribution in [2.24, 2.45) is 7.05 Å². The first-order valence-electron chi connectivity index (χ1n) is 12.4. The second-order valence-corrected chi connectivity index (χ2v) is 9.43. The summed E-state index contributed by atoms with van der Waals surface area (Å²) in [4.78, 5) is 24.0. The highest BCUT2D eigenvalue weighted by molar-refractivity contribution is 6.04. The Morgan fingerprint density at radius 1 is 0.949 bits per heavy atom. The van der Waals surface area contributed by atoms with Crippen molar-refractivity contribution in [2.45, 2.75) is 6.18 Å². The molecule has 2 aromatic carbocycles. The average Bonchev–Trinajstić information content (AvgIpc) is 3.22. The Labute approximate surface area is 221 Å². The zero-order chi connectivity index (χ0) is 27.3. The van der Waals surface area contributed by atoms with Gasteiger partial charge in [0.15, 0.2) is 0 Å². The summed E-state index contributed by atoms with van der Waals surface area (Å²) in [6.07, 6.45) is -1.36. The fourth-order valence-electron chi connectivity index (χ4n) is 5.21. The number of benzene rings is 2. The predicted molar refractivity (Wildman–Crippen MR) is 144 cm³/mol. The number of imidazole rings is 1. The van der Waals surface area contributed by atoms with Crippen molar-refractivity contribution in [3.05, 3.63) is 77.0 Å². The first-order chi connectivity index (χ1) is 18.8. The maximum absolute atomic E-state index is 14.2. The van der Waals surface area contributed by atoms with Crippen LogP contribution in [-0.2, 0) is 13.2 Å². The highest BCUT2D eigenvalue weighted by Crippen LogP contribution is 2.38. The van der Waals surface area contributed by atoms with Crippen LogP contribution in [0.15, 0.2) is 65.7 Å². The lowest BCUT2D eigenvalue weighted by Gasteiger charge is -2.31. The van der Waals surface area contributed by atoms with Gasteiger partial charge in [-0.05, 0) is 42.0 Å². The van der Waals surface area contributed by atoms with E-state index in [2.05, 4.69) is 15.3 Å². The molecule has 1 fully saturated rings. The van der Waals surface area contributed by atoms with Crippen molar-refractivity contribution in [3.63, 3.8) is 0 Å². The maximum Gasteiger partial charge on any atom is 0.418 e. The van der Waals surface area contributed by atoms with Crippen LogP contribution in [0.4, 0.5) is 18.9 Å². The topological polar surface area (TPSA) is 77.2 Å². The third-order valence-corrected chi connectivity index (χ3v) is 7.15. The molecule has 4 heterocycles. The molecule has 1 aliphatic rings. The monoisotopic (exact) mass is 534 g/mol. The Morgan fingerprint density at radius 3 is 2.41 bits per heavy atom. The summed E-state index contributed by atoms with van der Waals surface area (Å²) < 4.78 is 50.5. The molecule has 1 aliphatic heterocycles. The second-order valence-electron chi connectivity index (χ2n) is 9.43. The quantitative estimate of drug-likeness (QED) is 0.369. The number of rotatable bonds is 4. The van der Waals surface area contributed by atoms with Gasteiger partial charge in [0.05, 0.1) is 41.1 Å². The van der Waals surface area contributed by atoms with Crippen LogP contribution in [0.25, 0.3) is 38.8 Å². The van der Waals surface area contributed by atoms with E-state index in [0.29, 0.717) is 54.0 Å². The molecule has 11 heteroatoms. The van der Waals surface area contributed by atoms with Crippen molar-refractivity contribution in [1.29, 1.82) is 0 Å². The molecule has 200 valence electrons. The molecule has 0 bridgehead atoms. The molecule has 1 N–H and O–H groups in total. The van der Waals surface area contributed by atoms with Crippen LogP contribution in [0, 0.1) is 0 Å². The van der Waals surface area contributed by atoms with E-state index < -0.39 is 17.4 Å². The molecular weight excluding hydrogens is 509 g/mol. The van der Waals surface area contributed by atoms with Gasteiger partial charge in [-0.15, -0.1) is 0 Å². The minimum atomic E-state index is -4.59.